The Bertz CT molecular complexity index is 201. The summed E-state index contributed by atoms with van der Waals surface area (Å²) in [7, 11) is 0. The van der Waals surface area contributed by atoms with Gasteiger partial charge in [0.15, 0.2) is 0 Å². The van der Waals surface area contributed by atoms with Gasteiger partial charge in [-0.15, -0.1) is 0 Å². The summed E-state index contributed by atoms with van der Waals surface area (Å²) in [4.78, 5) is 0. The lowest BCUT2D eigenvalue weighted by Gasteiger charge is -1.91. The molecule has 4 N–H and O–H groups in total. The number of benzene rings is 1. The molecule has 0 spiro atoms. The second-order valence-corrected chi connectivity index (χ2v) is 1.67. The average molecular weight is 136 g/mol. The first-order chi connectivity index (χ1) is 4.79. The molecule has 0 aliphatic heterocycles. The zero-order valence-corrected chi connectivity index (χ0v) is 5.36. The van der Waals surface area contributed by atoms with Crippen molar-refractivity contribution in [1.29, 1.82) is 10.8 Å². The van der Waals surface area contributed by atoms with E-state index in [1.165, 1.54) is 0 Å². The maximum atomic E-state index is 6.00. The summed E-state index contributed by atoms with van der Waals surface area (Å²) in [5, 5.41) is 12.0. The highest BCUT2D eigenvalue weighted by atomic mass is 14.6. The number of rotatable bonds is 0. The standard InChI is InChI=1S/C6H8N2.N2/c7-5-2-1-3-6(8)4-5;1-2/h1-4H,7-8H2;. The summed E-state index contributed by atoms with van der Waals surface area (Å²) in [5.41, 5.74) is 12.2. The van der Waals surface area contributed by atoms with Crippen molar-refractivity contribution in [3.05, 3.63) is 24.3 Å². The van der Waals surface area contributed by atoms with E-state index in [-0.39, 0.29) is 0 Å². The number of nitrogens with zero attached hydrogens (tertiary/aromatic N) is 2. The zero-order valence-electron chi connectivity index (χ0n) is 5.36. The van der Waals surface area contributed by atoms with Gasteiger partial charge in [-0.05, 0) is 18.2 Å². The lowest BCUT2D eigenvalue weighted by atomic mass is 10.3. The van der Waals surface area contributed by atoms with E-state index in [0.717, 1.165) is 0 Å². The summed E-state index contributed by atoms with van der Waals surface area (Å²) in [6.45, 7) is 0. The Morgan fingerprint density at radius 1 is 1.00 bits per heavy atom. The van der Waals surface area contributed by atoms with Crippen molar-refractivity contribution in [2.75, 3.05) is 11.5 Å². The summed E-state index contributed by atoms with van der Waals surface area (Å²) in [6, 6.07) is 7.15. The first-order valence-electron chi connectivity index (χ1n) is 2.60. The van der Waals surface area contributed by atoms with Gasteiger partial charge in [-0.3, -0.25) is 0 Å². The lowest BCUT2D eigenvalue weighted by Crippen LogP contribution is -1.87. The smallest absolute Gasteiger partial charge is 0.0334 e. The molecule has 0 saturated heterocycles. The molecule has 10 heavy (non-hydrogen) atoms. The molecular formula is C6H8N4. The molecule has 0 aromatic heterocycles. The Labute approximate surface area is 58.9 Å². The van der Waals surface area contributed by atoms with Crippen LogP contribution in [0.2, 0.25) is 0 Å². The minimum atomic E-state index is 0.713. The molecule has 0 aliphatic rings. The predicted molar refractivity (Wildman–Crippen MR) is 38.7 cm³/mol. The molecule has 0 heterocycles. The van der Waals surface area contributed by atoms with Gasteiger partial charge < -0.3 is 11.5 Å². The van der Waals surface area contributed by atoms with E-state index in [1.54, 1.807) is 18.2 Å². The Morgan fingerprint density at radius 2 is 1.40 bits per heavy atom. The topological polar surface area (TPSA) is 99.6 Å². The van der Waals surface area contributed by atoms with Crippen LogP contribution in [0.1, 0.15) is 0 Å². The number of anilines is 2. The van der Waals surface area contributed by atoms with Gasteiger partial charge in [-0.1, -0.05) is 6.07 Å². The van der Waals surface area contributed by atoms with E-state index >= 15 is 0 Å². The van der Waals surface area contributed by atoms with Crippen LogP contribution in [0.5, 0.6) is 0 Å². The molecule has 1 rings (SSSR count). The molecule has 0 saturated carbocycles. The van der Waals surface area contributed by atoms with Crippen LogP contribution in [0.15, 0.2) is 24.3 Å². The highest BCUT2D eigenvalue weighted by molar-refractivity contribution is 5.50. The minimum absolute atomic E-state index is 0.713. The van der Waals surface area contributed by atoms with Crippen LogP contribution < -0.4 is 11.5 Å². The Morgan fingerprint density at radius 3 is 1.60 bits per heavy atom. The molecule has 0 fully saturated rings. The Balaban J connectivity index is 0.000000371. The van der Waals surface area contributed by atoms with Gasteiger partial charge >= 0.3 is 0 Å². The molecule has 0 aliphatic carbocycles. The molecule has 0 bridgehead atoms. The summed E-state index contributed by atoms with van der Waals surface area (Å²) >= 11 is 0. The van der Waals surface area contributed by atoms with Gasteiger partial charge in [0.2, 0.25) is 0 Å². The van der Waals surface area contributed by atoms with Gasteiger partial charge in [0, 0.05) is 22.2 Å². The van der Waals surface area contributed by atoms with Crippen LogP contribution in [-0.2, 0) is 0 Å². The molecule has 0 radical (unpaired) electrons. The predicted octanol–water partition coefficient (Wildman–Crippen LogP) is 0.881. The minimum Gasteiger partial charge on any atom is -0.399 e. The summed E-state index contributed by atoms with van der Waals surface area (Å²) < 4.78 is 0. The van der Waals surface area contributed by atoms with E-state index in [4.69, 9.17) is 22.3 Å². The molecule has 0 amide bonds. The fourth-order valence-corrected chi connectivity index (χ4v) is 0.559. The molecule has 1 aromatic carbocycles. The monoisotopic (exact) mass is 136 g/mol. The van der Waals surface area contributed by atoms with Gasteiger partial charge in [0.1, 0.15) is 0 Å². The number of nitrogens with two attached hydrogens (primary N) is 2. The number of nitrogen functional groups attached to an aromatic ring is 2. The Hall–Kier alpha value is -1.76. The maximum absolute atomic E-state index is 6.00. The van der Waals surface area contributed by atoms with Crippen LogP contribution in [0.25, 0.3) is 0 Å². The van der Waals surface area contributed by atoms with Crippen molar-refractivity contribution < 1.29 is 0 Å². The van der Waals surface area contributed by atoms with E-state index in [2.05, 4.69) is 0 Å². The van der Waals surface area contributed by atoms with E-state index < -0.39 is 0 Å². The van der Waals surface area contributed by atoms with Crippen LogP contribution in [0.4, 0.5) is 11.4 Å². The molecule has 4 nitrogen and oxygen atoms in total. The van der Waals surface area contributed by atoms with Crippen LogP contribution in [0.3, 0.4) is 0 Å². The second-order valence-electron chi connectivity index (χ2n) is 1.67. The van der Waals surface area contributed by atoms with E-state index in [1.807, 2.05) is 6.07 Å². The third-order valence-electron chi connectivity index (χ3n) is 0.911. The molecule has 1 aromatic rings. The SMILES string of the molecule is N#N.Nc1cccc(N)c1. The largest absolute Gasteiger partial charge is 0.399 e. The number of hydrogen-bond donors (Lipinski definition) is 2. The normalized spacial score (nSPS) is 7.40. The highest BCUT2D eigenvalue weighted by Gasteiger charge is 1.81. The number of hydrogen-bond acceptors (Lipinski definition) is 4. The van der Waals surface area contributed by atoms with Crippen molar-refractivity contribution in [2.45, 2.75) is 0 Å². The van der Waals surface area contributed by atoms with Crippen LogP contribution in [-0.4, -0.2) is 0 Å². The average Bonchev–Trinajstić information content (AvgIpc) is 1.91. The first-order valence-corrected chi connectivity index (χ1v) is 2.60. The van der Waals surface area contributed by atoms with Crippen molar-refractivity contribution in [1.82, 2.24) is 0 Å². The van der Waals surface area contributed by atoms with Crippen molar-refractivity contribution >= 4 is 11.4 Å². The van der Waals surface area contributed by atoms with Gasteiger partial charge in [-0.2, -0.15) is 0 Å². The first kappa shape index (κ1) is 8.24. The van der Waals surface area contributed by atoms with Gasteiger partial charge in [0.25, 0.3) is 0 Å². The molecule has 0 atom stereocenters. The Kier molecular flexibility index (Phi) is 3.42. The van der Waals surface area contributed by atoms with Gasteiger partial charge in [-0.25, -0.2) is 0 Å². The summed E-state index contributed by atoms with van der Waals surface area (Å²) in [6.07, 6.45) is 0. The third kappa shape index (κ3) is 2.52. The molecule has 4 heteroatoms. The summed E-state index contributed by atoms with van der Waals surface area (Å²) in [5.74, 6) is 0. The zero-order chi connectivity index (χ0) is 7.98. The molecule has 0 unspecified atom stereocenters. The fraction of sp³-hybridized carbons (Fsp3) is 0. The highest BCUT2D eigenvalue weighted by Crippen LogP contribution is 2.06. The third-order valence-corrected chi connectivity index (χ3v) is 0.911. The quantitative estimate of drug-likeness (QED) is 0.408. The molecular weight excluding hydrogens is 128 g/mol. The van der Waals surface area contributed by atoms with Crippen molar-refractivity contribution in [2.24, 2.45) is 0 Å². The molecule has 52 valence electrons. The maximum Gasteiger partial charge on any atom is 0.0334 e. The van der Waals surface area contributed by atoms with Crippen LogP contribution >= 0.6 is 0 Å². The van der Waals surface area contributed by atoms with Crippen molar-refractivity contribution in [3.63, 3.8) is 0 Å². The fourth-order valence-electron chi connectivity index (χ4n) is 0.559. The van der Waals surface area contributed by atoms with Gasteiger partial charge in [0.05, 0.1) is 0 Å². The van der Waals surface area contributed by atoms with Crippen LogP contribution in [0, 0.1) is 10.8 Å². The van der Waals surface area contributed by atoms with E-state index in [9.17, 15) is 0 Å². The van der Waals surface area contributed by atoms with E-state index in [0.29, 0.717) is 11.4 Å². The lowest BCUT2D eigenvalue weighted by molar-refractivity contribution is 1.15. The second kappa shape index (κ2) is 4.15. The van der Waals surface area contributed by atoms with Crippen molar-refractivity contribution in [3.8, 4) is 0 Å².